The number of hydrogen-bond donors (Lipinski definition) is 2. The Balaban J connectivity index is 2.32. The van der Waals surface area contributed by atoms with Gasteiger partial charge in [0.25, 0.3) is 5.91 Å². The van der Waals surface area contributed by atoms with E-state index in [0.29, 0.717) is 6.61 Å². The molecule has 2 rings (SSSR count). The maximum absolute atomic E-state index is 12.5. The predicted molar refractivity (Wildman–Crippen MR) is 69.5 cm³/mol. The fourth-order valence-corrected chi connectivity index (χ4v) is 2.10. The molecule has 1 unspecified atom stereocenters. The van der Waals surface area contributed by atoms with Crippen molar-refractivity contribution in [1.29, 1.82) is 0 Å². The third-order valence-corrected chi connectivity index (χ3v) is 3.17. The average Bonchev–Trinajstić information content (AvgIpc) is 2.46. The molecule has 0 saturated carbocycles. The van der Waals surface area contributed by atoms with Crippen molar-refractivity contribution in [2.75, 3.05) is 26.9 Å². The molecule has 1 saturated heterocycles. The first kappa shape index (κ1) is 14.1. The first-order valence-electron chi connectivity index (χ1n) is 6.10. The number of methoxy groups -OCH3 is 1. The Morgan fingerprint density at radius 1 is 1.50 bits per heavy atom. The molecular weight excluding hydrogens is 264 g/mol. The van der Waals surface area contributed by atoms with Gasteiger partial charge in [0.2, 0.25) is 5.91 Å². The number of para-hydroxylation sites is 1. The van der Waals surface area contributed by atoms with Crippen molar-refractivity contribution >= 4 is 11.8 Å². The van der Waals surface area contributed by atoms with E-state index in [9.17, 15) is 14.7 Å². The van der Waals surface area contributed by atoms with Crippen molar-refractivity contribution < 1.29 is 24.2 Å². The van der Waals surface area contributed by atoms with Gasteiger partial charge >= 0.3 is 0 Å². The van der Waals surface area contributed by atoms with E-state index in [1.165, 1.54) is 24.1 Å². The first-order chi connectivity index (χ1) is 9.56. The number of nitrogens with zero attached hydrogens (tertiary/aromatic N) is 1. The van der Waals surface area contributed by atoms with Gasteiger partial charge in [-0.15, -0.1) is 0 Å². The Labute approximate surface area is 115 Å². The number of morpholine rings is 1. The van der Waals surface area contributed by atoms with Gasteiger partial charge in [0, 0.05) is 6.54 Å². The SMILES string of the molecule is COc1cccc(C(=O)N2CCOCC2C(N)=O)c1O. The number of amides is 2. The van der Waals surface area contributed by atoms with Crippen LogP contribution in [0.1, 0.15) is 10.4 Å². The van der Waals surface area contributed by atoms with E-state index >= 15 is 0 Å². The molecule has 0 aromatic heterocycles. The minimum atomic E-state index is -0.832. The normalized spacial score (nSPS) is 18.6. The van der Waals surface area contributed by atoms with E-state index in [1.54, 1.807) is 6.07 Å². The van der Waals surface area contributed by atoms with Gasteiger partial charge in [-0.05, 0) is 12.1 Å². The number of phenols is 1. The van der Waals surface area contributed by atoms with Crippen LogP contribution in [-0.2, 0) is 9.53 Å². The number of hydrogen-bond acceptors (Lipinski definition) is 5. The number of carbonyl (C=O) groups excluding carboxylic acids is 2. The summed E-state index contributed by atoms with van der Waals surface area (Å²) < 4.78 is 10.1. The highest BCUT2D eigenvalue weighted by molar-refractivity contribution is 6.00. The molecule has 1 fully saturated rings. The van der Waals surface area contributed by atoms with Crippen LogP contribution in [-0.4, -0.2) is 54.7 Å². The Morgan fingerprint density at radius 3 is 2.90 bits per heavy atom. The summed E-state index contributed by atoms with van der Waals surface area (Å²) in [7, 11) is 1.39. The van der Waals surface area contributed by atoms with Crippen LogP contribution in [0.15, 0.2) is 18.2 Å². The highest BCUT2D eigenvalue weighted by atomic mass is 16.5. The summed E-state index contributed by atoms with van der Waals surface area (Å²) in [5.41, 5.74) is 5.33. The zero-order valence-electron chi connectivity index (χ0n) is 11.0. The van der Waals surface area contributed by atoms with Crippen molar-refractivity contribution in [3.63, 3.8) is 0 Å². The molecular formula is C13H16N2O5. The molecule has 7 nitrogen and oxygen atoms in total. The molecule has 108 valence electrons. The Bertz CT molecular complexity index is 531. The number of rotatable bonds is 3. The third kappa shape index (κ3) is 2.53. The van der Waals surface area contributed by atoms with Gasteiger partial charge < -0.3 is 25.2 Å². The van der Waals surface area contributed by atoms with E-state index in [2.05, 4.69) is 0 Å². The molecule has 0 aliphatic carbocycles. The lowest BCUT2D eigenvalue weighted by Crippen LogP contribution is -2.54. The number of phenolic OH excluding ortho intramolecular Hbond substituents is 1. The smallest absolute Gasteiger partial charge is 0.258 e. The zero-order chi connectivity index (χ0) is 14.7. The van der Waals surface area contributed by atoms with Crippen LogP contribution >= 0.6 is 0 Å². The molecule has 0 bridgehead atoms. The van der Waals surface area contributed by atoms with Crippen molar-refractivity contribution in [3.05, 3.63) is 23.8 Å². The standard InChI is InChI=1S/C13H16N2O5/c1-19-10-4-2-3-8(11(10)16)13(18)15-5-6-20-7-9(15)12(14)17/h2-4,9,16H,5-7H2,1H3,(H2,14,17). The van der Waals surface area contributed by atoms with E-state index in [1.807, 2.05) is 0 Å². The van der Waals surface area contributed by atoms with Gasteiger partial charge in [0.05, 0.1) is 25.9 Å². The van der Waals surface area contributed by atoms with Gasteiger partial charge in [0.1, 0.15) is 6.04 Å². The Hall–Kier alpha value is -2.28. The van der Waals surface area contributed by atoms with Crippen molar-refractivity contribution in [2.24, 2.45) is 5.73 Å². The van der Waals surface area contributed by atoms with Crippen LogP contribution < -0.4 is 10.5 Å². The van der Waals surface area contributed by atoms with Crippen molar-refractivity contribution in [3.8, 4) is 11.5 Å². The minimum absolute atomic E-state index is 0.0613. The second-order valence-electron chi connectivity index (χ2n) is 4.35. The van der Waals surface area contributed by atoms with Gasteiger partial charge in [0.15, 0.2) is 11.5 Å². The summed E-state index contributed by atoms with van der Waals surface area (Å²) in [6.45, 7) is 0.620. The molecule has 1 atom stereocenters. The molecule has 1 aliphatic rings. The summed E-state index contributed by atoms with van der Waals surface area (Å²) >= 11 is 0. The quantitative estimate of drug-likeness (QED) is 0.793. The number of nitrogens with two attached hydrogens (primary N) is 1. The summed E-state index contributed by atoms with van der Waals surface area (Å²) in [6, 6.07) is 3.76. The van der Waals surface area contributed by atoms with Gasteiger partial charge in [-0.2, -0.15) is 0 Å². The van der Waals surface area contributed by atoms with Crippen molar-refractivity contribution in [1.82, 2.24) is 4.90 Å². The molecule has 2 amide bonds. The zero-order valence-corrected chi connectivity index (χ0v) is 11.0. The second-order valence-corrected chi connectivity index (χ2v) is 4.35. The summed E-state index contributed by atoms with van der Waals surface area (Å²) in [4.78, 5) is 25.1. The lowest BCUT2D eigenvalue weighted by Gasteiger charge is -2.33. The highest BCUT2D eigenvalue weighted by Crippen LogP contribution is 2.30. The highest BCUT2D eigenvalue weighted by Gasteiger charge is 2.33. The van der Waals surface area contributed by atoms with Gasteiger partial charge in [-0.3, -0.25) is 9.59 Å². The summed E-state index contributed by atoms with van der Waals surface area (Å²) in [5.74, 6) is -1.18. The molecule has 1 aromatic rings. The molecule has 1 heterocycles. The average molecular weight is 280 g/mol. The fourth-order valence-electron chi connectivity index (χ4n) is 2.10. The van der Waals surface area contributed by atoms with Gasteiger partial charge in [-0.25, -0.2) is 0 Å². The van der Waals surface area contributed by atoms with Crippen molar-refractivity contribution in [2.45, 2.75) is 6.04 Å². The summed E-state index contributed by atoms with van der Waals surface area (Å²) in [6.07, 6.45) is 0. The number of carbonyl (C=O) groups is 2. The maximum atomic E-state index is 12.5. The molecule has 0 spiro atoms. The topological polar surface area (TPSA) is 102 Å². The molecule has 7 heteroatoms. The monoisotopic (exact) mass is 280 g/mol. The van der Waals surface area contributed by atoms with Gasteiger partial charge in [-0.1, -0.05) is 6.07 Å². The Morgan fingerprint density at radius 2 is 2.25 bits per heavy atom. The number of ether oxygens (including phenoxy) is 2. The third-order valence-electron chi connectivity index (χ3n) is 3.17. The van der Waals surface area contributed by atoms with Crippen LogP contribution in [0.3, 0.4) is 0 Å². The fraction of sp³-hybridized carbons (Fsp3) is 0.385. The molecule has 20 heavy (non-hydrogen) atoms. The van der Waals surface area contributed by atoms with E-state index in [-0.39, 0.29) is 30.2 Å². The van der Waals surface area contributed by atoms with Crippen LogP contribution in [0.25, 0.3) is 0 Å². The Kier molecular flexibility index (Phi) is 4.09. The number of aromatic hydroxyl groups is 1. The second kappa shape index (κ2) is 5.79. The molecule has 1 aromatic carbocycles. The minimum Gasteiger partial charge on any atom is -0.504 e. The summed E-state index contributed by atoms with van der Waals surface area (Å²) in [5, 5.41) is 9.99. The molecule has 3 N–H and O–H groups in total. The maximum Gasteiger partial charge on any atom is 0.258 e. The lowest BCUT2D eigenvalue weighted by atomic mass is 10.1. The van der Waals surface area contributed by atoms with Crippen LogP contribution in [0.2, 0.25) is 0 Å². The molecule has 0 radical (unpaired) electrons. The number of primary amides is 1. The van der Waals surface area contributed by atoms with Crippen LogP contribution in [0, 0.1) is 0 Å². The van der Waals surface area contributed by atoms with E-state index in [4.69, 9.17) is 15.2 Å². The van der Waals surface area contributed by atoms with E-state index in [0.717, 1.165) is 0 Å². The lowest BCUT2D eigenvalue weighted by molar-refractivity contribution is -0.127. The van der Waals surface area contributed by atoms with Crippen LogP contribution in [0.5, 0.6) is 11.5 Å². The van der Waals surface area contributed by atoms with Crippen LogP contribution in [0.4, 0.5) is 0 Å². The predicted octanol–water partition coefficient (Wildman–Crippen LogP) is -0.273. The molecule has 1 aliphatic heterocycles. The number of benzene rings is 1. The first-order valence-corrected chi connectivity index (χ1v) is 6.10. The van der Waals surface area contributed by atoms with E-state index < -0.39 is 17.9 Å². The largest absolute Gasteiger partial charge is 0.504 e.